The van der Waals surface area contributed by atoms with Gasteiger partial charge in [-0.15, -0.1) is 0 Å². The molecule has 0 fully saturated rings. The molecule has 0 radical (unpaired) electrons. The molecule has 0 unspecified atom stereocenters. The van der Waals surface area contributed by atoms with E-state index in [2.05, 4.69) is 10.6 Å². The molecule has 0 amide bonds. The fraction of sp³-hybridized carbons (Fsp3) is 0.550. The minimum Gasteiger partial charge on any atom is -0.480 e. The van der Waals surface area contributed by atoms with Crippen LogP contribution in [0.15, 0.2) is 30.3 Å². The molecule has 0 bridgehead atoms. The second-order valence-corrected chi connectivity index (χ2v) is 6.87. The molecule has 0 heterocycles. The van der Waals surface area contributed by atoms with E-state index < -0.39 is 54.3 Å². The minimum atomic E-state index is -1.18. The van der Waals surface area contributed by atoms with E-state index in [-0.39, 0.29) is 0 Å². The molecular weight excluding hydrogens is 426 g/mol. The summed E-state index contributed by atoms with van der Waals surface area (Å²) in [5, 5.41) is 56.9. The van der Waals surface area contributed by atoms with Gasteiger partial charge >= 0.3 is 17.9 Å². The maximum atomic E-state index is 10.7. The minimum absolute atomic E-state index is 0.433. The third kappa shape index (κ3) is 14.4. The predicted molar refractivity (Wildman–Crippen MR) is 116 cm³/mol. The predicted octanol–water partition coefficient (Wildman–Crippen LogP) is -1.57. The summed E-state index contributed by atoms with van der Waals surface area (Å²) in [7, 11) is 1.49. The van der Waals surface area contributed by atoms with E-state index in [1.165, 1.54) is 27.8 Å². The van der Waals surface area contributed by atoms with Crippen LogP contribution < -0.4 is 16.4 Å². The van der Waals surface area contributed by atoms with Crippen molar-refractivity contribution in [1.82, 2.24) is 10.6 Å². The van der Waals surface area contributed by atoms with E-state index in [4.69, 9.17) is 31.3 Å². The Morgan fingerprint density at radius 2 is 1.25 bits per heavy atom. The van der Waals surface area contributed by atoms with E-state index >= 15 is 0 Å². The Morgan fingerprint density at radius 1 is 0.812 bits per heavy atom. The van der Waals surface area contributed by atoms with Gasteiger partial charge < -0.3 is 41.7 Å². The van der Waals surface area contributed by atoms with E-state index in [9.17, 15) is 19.5 Å². The Bertz CT molecular complexity index is 670. The van der Waals surface area contributed by atoms with Gasteiger partial charge in [-0.25, -0.2) is 0 Å². The van der Waals surface area contributed by atoms with Gasteiger partial charge in [0.25, 0.3) is 0 Å². The standard InChI is InChI=1S/C11H15NO3.C5H11NO3.C4H9NO3/c1-8(13)10(11(14)15)12-7-9-5-3-2-4-6-9;1-3(7)4(6-2)5(8)9;1-2(6)3(5)4(7)8/h2-6,8,10,12-13H,7H2,1H3,(H,14,15);3-4,6-7H,1-2H3,(H,8,9);2-3,6H,5H2,1H3,(H,7,8)/t8-,10+;3-,4+;2-,3+/m111/s1. The quantitative estimate of drug-likeness (QED) is 0.193. The van der Waals surface area contributed by atoms with Crippen molar-refractivity contribution in [2.45, 2.75) is 63.8 Å². The number of aliphatic hydroxyl groups excluding tert-OH is 3. The topological polar surface area (TPSA) is 223 Å². The Balaban J connectivity index is 0. The summed E-state index contributed by atoms with van der Waals surface area (Å²) in [5.74, 6) is -3.26. The Hall–Kier alpha value is -2.61. The lowest BCUT2D eigenvalue weighted by molar-refractivity contribution is -0.143. The van der Waals surface area contributed by atoms with Crippen LogP contribution >= 0.6 is 0 Å². The number of carboxylic acids is 3. The normalized spacial score (nSPS) is 15.9. The molecule has 1 rings (SSSR count). The number of nitrogens with one attached hydrogen (secondary N) is 2. The number of aliphatic hydroxyl groups is 3. The Kier molecular flexibility index (Phi) is 16.8. The first-order valence-electron chi connectivity index (χ1n) is 9.68. The summed E-state index contributed by atoms with van der Waals surface area (Å²) in [4.78, 5) is 30.7. The van der Waals surface area contributed by atoms with Crippen molar-refractivity contribution in [2.75, 3.05) is 7.05 Å². The monoisotopic (exact) mass is 461 g/mol. The molecule has 6 atom stereocenters. The Labute approximate surface area is 186 Å². The van der Waals surface area contributed by atoms with Gasteiger partial charge in [-0.1, -0.05) is 30.3 Å². The number of hydrogen-bond donors (Lipinski definition) is 9. The second-order valence-electron chi connectivity index (χ2n) is 6.87. The molecular formula is C20H35N3O9. The smallest absolute Gasteiger partial charge is 0.323 e. The molecule has 12 heteroatoms. The molecule has 0 aliphatic heterocycles. The summed E-state index contributed by atoms with van der Waals surface area (Å²) in [6.45, 7) is 4.65. The number of carbonyl (C=O) groups is 3. The molecule has 32 heavy (non-hydrogen) atoms. The fourth-order valence-corrected chi connectivity index (χ4v) is 2.07. The summed E-state index contributed by atoms with van der Waals surface area (Å²) < 4.78 is 0. The lowest BCUT2D eigenvalue weighted by Crippen LogP contribution is -2.44. The highest BCUT2D eigenvalue weighted by molar-refractivity contribution is 5.74. The number of aliphatic carboxylic acids is 3. The highest BCUT2D eigenvalue weighted by Gasteiger charge is 2.22. The van der Waals surface area contributed by atoms with E-state index in [0.29, 0.717) is 6.54 Å². The summed E-state index contributed by atoms with van der Waals surface area (Å²) in [5.41, 5.74) is 5.90. The number of rotatable bonds is 10. The van der Waals surface area contributed by atoms with Gasteiger partial charge in [-0.2, -0.15) is 0 Å². The van der Waals surface area contributed by atoms with Crippen molar-refractivity contribution in [3.63, 3.8) is 0 Å². The highest BCUT2D eigenvalue weighted by atomic mass is 16.4. The molecule has 0 aromatic heterocycles. The first-order chi connectivity index (χ1) is 14.8. The molecule has 0 saturated carbocycles. The van der Waals surface area contributed by atoms with Crippen LogP contribution in [0.1, 0.15) is 26.3 Å². The maximum absolute atomic E-state index is 10.7. The zero-order valence-electron chi connectivity index (χ0n) is 18.5. The highest BCUT2D eigenvalue weighted by Crippen LogP contribution is 2.00. The van der Waals surface area contributed by atoms with E-state index in [1.807, 2.05) is 30.3 Å². The maximum Gasteiger partial charge on any atom is 0.323 e. The van der Waals surface area contributed by atoms with Crippen molar-refractivity contribution in [2.24, 2.45) is 5.73 Å². The molecule has 184 valence electrons. The van der Waals surface area contributed by atoms with Gasteiger partial charge in [0.1, 0.15) is 18.1 Å². The van der Waals surface area contributed by atoms with Crippen LogP contribution in [-0.2, 0) is 20.9 Å². The van der Waals surface area contributed by atoms with E-state index in [0.717, 1.165) is 5.56 Å². The van der Waals surface area contributed by atoms with Gasteiger partial charge in [-0.3, -0.25) is 19.7 Å². The third-order valence-corrected chi connectivity index (χ3v) is 3.98. The first-order valence-corrected chi connectivity index (χ1v) is 9.68. The average Bonchev–Trinajstić information content (AvgIpc) is 2.68. The van der Waals surface area contributed by atoms with Crippen LogP contribution in [0.25, 0.3) is 0 Å². The van der Waals surface area contributed by atoms with Crippen molar-refractivity contribution in [1.29, 1.82) is 0 Å². The summed E-state index contributed by atoms with van der Waals surface area (Å²) >= 11 is 0. The average molecular weight is 462 g/mol. The summed E-state index contributed by atoms with van der Waals surface area (Å²) in [6.07, 6.45) is -2.74. The molecule has 1 aromatic carbocycles. The SMILES string of the molecule is CN[C@H](C(=O)O)[C@@H](C)O.C[C@@H](O)[C@H](N)C(=O)O.C[C@@H](O)[C@H](NCc1ccccc1)C(=O)O. The molecule has 0 aliphatic rings. The zero-order chi connectivity index (χ0) is 25.4. The fourth-order valence-electron chi connectivity index (χ4n) is 2.07. The van der Waals surface area contributed by atoms with Crippen LogP contribution in [0.4, 0.5) is 0 Å². The van der Waals surface area contributed by atoms with Crippen LogP contribution in [0.5, 0.6) is 0 Å². The number of hydrogen-bond acceptors (Lipinski definition) is 9. The molecule has 0 aliphatic carbocycles. The van der Waals surface area contributed by atoms with Gasteiger partial charge in [0.05, 0.1) is 18.3 Å². The van der Waals surface area contributed by atoms with Crippen molar-refractivity contribution < 1.29 is 45.0 Å². The Morgan fingerprint density at radius 3 is 1.47 bits per heavy atom. The lowest BCUT2D eigenvalue weighted by Gasteiger charge is -2.16. The number of carboxylic acid groups (broad SMARTS) is 3. The zero-order valence-corrected chi connectivity index (χ0v) is 18.5. The second kappa shape index (κ2) is 17.0. The van der Waals surface area contributed by atoms with Crippen LogP contribution in [0.3, 0.4) is 0 Å². The molecule has 1 aromatic rings. The molecule has 12 nitrogen and oxygen atoms in total. The number of benzene rings is 1. The lowest BCUT2D eigenvalue weighted by atomic mass is 10.1. The van der Waals surface area contributed by atoms with Gasteiger partial charge in [0.15, 0.2) is 0 Å². The first kappa shape index (κ1) is 31.6. The number of likely N-dealkylation sites (N-methyl/N-ethyl adjacent to an activating group) is 1. The van der Waals surface area contributed by atoms with Crippen LogP contribution in [0, 0.1) is 0 Å². The third-order valence-electron chi connectivity index (χ3n) is 3.98. The van der Waals surface area contributed by atoms with Gasteiger partial charge in [0.2, 0.25) is 0 Å². The van der Waals surface area contributed by atoms with Gasteiger partial charge in [-0.05, 0) is 33.4 Å². The van der Waals surface area contributed by atoms with Crippen LogP contribution in [-0.4, -0.2) is 92.0 Å². The molecule has 0 spiro atoms. The van der Waals surface area contributed by atoms with E-state index in [1.54, 1.807) is 0 Å². The van der Waals surface area contributed by atoms with Crippen molar-refractivity contribution >= 4 is 17.9 Å². The van der Waals surface area contributed by atoms with Crippen LogP contribution in [0.2, 0.25) is 0 Å². The van der Waals surface area contributed by atoms with Crippen molar-refractivity contribution in [3.8, 4) is 0 Å². The molecule has 10 N–H and O–H groups in total. The molecule has 0 saturated heterocycles. The van der Waals surface area contributed by atoms with Crippen molar-refractivity contribution in [3.05, 3.63) is 35.9 Å². The number of nitrogens with two attached hydrogens (primary N) is 1. The summed E-state index contributed by atoms with van der Waals surface area (Å²) in [6, 6.07) is 6.52. The van der Waals surface area contributed by atoms with Gasteiger partial charge in [0, 0.05) is 6.54 Å². The largest absolute Gasteiger partial charge is 0.480 e.